The van der Waals surface area contributed by atoms with E-state index in [0.717, 1.165) is 17.0 Å². The second kappa shape index (κ2) is 6.32. The topological polar surface area (TPSA) is 45.5 Å². The summed E-state index contributed by atoms with van der Waals surface area (Å²) in [4.78, 5) is 4.49. The fourth-order valence-corrected chi connectivity index (χ4v) is 2.00. The number of hydrogen-bond acceptors (Lipinski definition) is 2. The van der Waals surface area contributed by atoms with Gasteiger partial charge >= 0.3 is 0 Å². The Morgan fingerprint density at radius 2 is 1.85 bits per heavy atom. The number of aromatic nitrogens is 4. The minimum absolute atomic E-state index is 0. The third kappa shape index (κ3) is 3.16. The first-order chi connectivity index (χ1) is 9.22. The van der Waals surface area contributed by atoms with Crippen LogP contribution in [0.15, 0.2) is 48.8 Å². The minimum Gasteiger partial charge on any atom is -1.00 e. The third-order valence-corrected chi connectivity index (χ3v) is 3.06. The van der Waals surface area contributed by atoms with Gasteiger partial charge in [0.05, 0.1) is 0 Å². The number of benzene rings is 1. The van der Waals surface area contributed by atoms with Crippen LogP contribution in [0, 0.1) is 0 Å². The Bertz CT molecular complexity index is 709. The number of aryl methyl sites for hydroxylation is 1. The van der Waals surface area contributed by atoms with E-state index in [-0.39, 0.29) is 24.0 Å². The molecule has 102 valence electrons. The zero-order valence-corrected chi connectivity index (χ0v) is 13.6. The first-order valence-electron chi connectivity index (χ1n) is 5.86. The van der Waals surface area contributed by atoms with E-state index in [0.29, 0.717) is 10.8 Å². The largest absolute Gasteiger partial charge is 1.00 e. The summed E-state index contributed by atoms with van der Waals surface area (Å²) in [5.74, 6) is 1.39. The maximum Gasteiger partial charge on any atom is 0.181 e. The Hall–Kier alpha value is -1.47. The maximum absolute atomic E-state index is 5.97. The minimum atomic E-state index is 0. The van der Waals surface area contributed by atoms with Crippen molar-refractivity contribution < 1.29 is 28.5 Å². The summed E-state index contributed by atoms with van der Waals surface area (Å²) >= 11 is 5.97. The Kier molecular flexibility index (Phi) is 4.72. The van der Waals surface area contributed by atoms with Crippen LogP contribution in [0.2, 0.25) is 5.02 Å². The first-order valence-corrected chi connectivity index (χ1v) is 6.24. The first kappa shape index (κ1) is 14.9. The number of H-pyrrole nitrogens is 1. The summed E-state index contributed by atoms with van der Waals surface area (Å²) in [7, 11) is 1.97. The number of aromatic amines is 1. The van der Waals surface area contributed by atoms with Gasteiger partial charge in [-0.1, -0.05) is 23.7 Å². The van der Waals surface area contributed by atoms with Gasteiger partial charge in [0.2, 0.25) is 0 Å². The molecule has 0 atom stereocenters. The quantitative estimate of drug-likeness (QED) is 0.473. The molecule has 1 N–H and O–H groups in total. The molecule has 0 aliphatic rings. The molecule has 0 radical (unpaired) electrons. The molecule has 0 bridgehead atoms. The number of nitrogens with zero attached hydrogens (tertiary/aromatic N) is 3. The molecule has 2 aromatic heterocycles. The van der Waals surface area contributed by atoms with E-state index in [1.165, 1.54) is 0 Å². The highest BCUT2D eigenvalue weighted by Gasteiger charge is 2.08. The molecule has 0 unspecified atom stereocenters. The smallest absolute Gasteiger partial charge is 0.181 e. The summed E-state index contributed by atoms with van der Waals surface area (Å²) in [5.41, 5.74) is 1.90. The van der Waals surface area contributed by atoms with Crippen LogP contribution in [-0.2, 0) is 7.05 Å². The lowest BCUT2D eigenvalue weighted by molar-refractivity contribution is -0.671. The monoisotopic (exact) mass is 398 g/mol. The molecule has 4 nitrogen and oxygen atoms in total. The van der Waals surface area contributed by atoms with Crippen LogP contribution in [0.25, 0.3) is 22.8 Å². The van der Waals surface area contributed by atoms with Crippen molar-refractivity contribution in [2.24, 2.45) is 7.05 Å². The van der Waals surface area contributed by atoms with E-state index < -0.39 is 0 Å². The second-order valence-electron chi connectivity index (χ2n) is 4.27. The van der Waals surface area contributed by atoms with Gasteiger partial charge in [0.25, 0.3) is 0 Å². The van der Waals surface area contributed by atoms with Crippen molar-refractivity contribution in [1.29, 1.82) is 0 Å². The summed E-state index contributed by atoms with van der Waals surface area (Å²) in [6.07, 6.45) is 3.94. The van der Waals surface area contributed by atoms with Crippen LogP contribution < -0.4 is 28.5 Å². The van der Waals surface area contributed by atoms with E-state index in [9.17, 15) is 0 Å². The van der Waals surface area contributed by atoms with E-state index in [1.54, 1.807) is 0 Å². The van der Waals surface area contributed by atoms with Gasteiger partial charge < -0.3 is 24.0 Å². The van der Waals surface area contributed by atoms with Gasteiger partial charge in [-0.25, -0.2) is 9.55 Å². The van der Waals surface area contributed by atoms with Gasteiger partial charge in [-0.05, 0) is 12.1 Å². The highest BCUT2D eigenvalue weighted by atomic mass is 127. The Morgan fingerprint density at radius 3 is 2.55 bits per heavy atom. The molecule has 2 heterocycles. The van der Waals surface area contributed by atoms with Gasteiger partial charge in [-0.3, -0.25) is 5.10 Å². The molecule has 0 amide bonds. The molecule has 20 heavy (non-hydrogen) atoms. The molecular formula is C14H12ClIN4. The maximum atomic E-state index is 5.97. The predicted octanol–water partition coefficient (Wildman–Crippen LogP) is -0.379. The second-order valence-corrected chi connectivity index (χ2v) is 4.71. The number of pyridine rings is 1. The lowest BCUT2D eigenvalue weighted by atomic mass is 10.2. The van der Waals surface area contributed by atoms with E-state index in [2.05, 4.69) is 15.2 Å². The molecule has 1 aromatic carbocycles. The highest BCUT2D eigenvalue weighted by Crippen LogP contribution is 2.21. The molecule has 3 aromatic rings. The van der Waals surface area contributed by atoms with E-state index in [4.69, 9.17) is 11.6 Å². The van der Waals surface area contributed by atoms with Crippen molar-refractivity contribution in [1.82, 2.24) is 15.2 Å². The predicted molar refractivity (Wildman–Crippen MR) is 73.4 cm³/mol. The van der Waals surface area contributed by atoms with Crippen LogP contribution >= 0.6 is 11.6 Å². The molecule has 0 saturated heterocycles. The number of hydrogen-bond donors (Lipinski definition) is 1. The summed E-state index contributed by atoms with van der Waals surface area (Å²) in [5, 5.41) is 7.85. The average molecular weight is 399 g/mol. The fourth-order valence-electron chi connectivity index (χ4n) is 1.81. The third-order valence-electron chi connectivity index (χ3n) is 2.82. The lowest BCUT2D eigenvalue weighted by Gasteiger charge is -1.95. The van der Waals surface area contributed by atoms with Gasteiger partial charge in [0.1, 0.15) is 7.05 Å². The van der Waals surface area contributed by atoms with Crippen molar-refractivity contribution in [3.63, 3.8) is 0 Å². The normalized spacial score (nSPS) is 10.1. The molecule has 0 aliphatic carbocycles. The lowest BCUT2D eigenvalue weighted by Crippen LogP contribution is -3.00. The Labute approximate surface area is 138 Å². The van der Waals surface area contributed by atoms with Gasteiger partial charge in [0, 0.05) is 28.3 Å². The zero-order chi connectivity index (χ0) is 13.2. The molecular weight excluding hydrogens is 387 g/mol. The van der Waals surface area contributed by atoms with Crippen molar-refractivity contribution in [2.45, 2.75) is 0 Å². The average Bonchev–Trinajstić information content (AvgIpc) is 2.89. The van der Waals surface area contributed by atoms with Crippen molar-refractivity contribution in [3.05, 3.63) is 53.8 Å². The van der Waals surface area contributed by atoms with Crippen LogP contribution in [-0.4, -0.2) is 15.2 Å². The Morgan fingerprint density at radius 1 is 1.10 bits per heavy atom. The summed E-state index contributed by atoms with van der Waals surface area (Å²) < 4.78 is 1.97. The molecule has 6 heteroatoms. The highest BCUT2D eigenvalue weighted by molar-refractivity contribution is 6.30. The molecule has 0 fully saturated rings. The zero-order valence-electron chi connectivity index (χ0n) is 10.7. The standard InChI is InChI=1S/C14H11ClN4.HI/c1-19-7-5-10(6-8-19)13-16-14(18-17-13)11-3-2-4-12(15)9-11;/h2-9H,1H3;1H. The molecule has 3 rings (SSSR count). The van der Waals surface area contributed by atoms with E-state index >= 15 is 0 Å². The number of rotatable bonds is 2. The Balaban J connectivity index is 0.00000147. The summed E-state index contributed by atoms with van der Waals surface area (Å²) in [6, 6.07) is 11.5. The van der Waals surface area contributed by atoms with Gasteiger partial charge in [-0.15, -0.1) is 0 Å². The van der Waals surface area contributed by atoms with Crippen LogP contribution in [0.4, 0.5) is 0 Å². The van der Waals surface area contributed by atoms with Crippen molar-refractivity contribution >= 4 is 11.6 Å². The fraction of sp³-hybridized carbons (Fsp3) is 0.0714. The van der Waals surface area contributed by atoms with E-state index in [1.807, 2.05) is 60.4 Å². The summed E-state index contributed by atoms with van der Waals surface area (Å²) in [6.45, 7) is 0. The van der Waals surface area contributed by atoms with Crippen molar-refractivity contribution in [3.8, 4) is 22.8 Å². The van der Waals surface area contributed by atoms with Gasteiger partial charge in [-0.2, -0.15) is 5.10 Å². The number of halogens is 2. The molecule has 0 spiro atoms. The van der Waals surface area contributed by atoms with Crippen LogP contribution in [0.3, 0.4) is 0 Å². The number of nitrogens with one attached hydrogen (secondary N) is 1. The SMILES string of the molecule is C[n+]1ccc(-c2nc(-c3cccc(Cl)c3)n[nH]2)cc1.[I-]. The molecule has 0 saturated carbocycles. The van der Waals surface area contributed by atoms with Crippen LogP contribution in [0.1, 0.15) is 0 Å². The van der Waals surface area contributed by atoms with Crippen LogP contribution in [0.5, 0.6) is 0 Å². The van der Waals surface area contributed by atoms with Gasteiger partial charge in [0.15, 0.2) is 24.0 Å². The molecule has 0 aliphatic heterocycles. The van der Waals surface area contributed by atoms with Crippen molar-refractivity contribution in [2.75, 3.05) is 0 Å².